The maximum Gasteiger partial charge on any atom is 0.132 e. The van der Waals surface area contributed by atoms with Gasteiger partial charge >= 0.3 is 0 Å². The first kappa shape index (κ1) is 14.9. The van der Waals surface area contributed by atoms with Crippen molar-refractivity contribution in [2.45, 2.75) is 38.8 Å². The van der Waals surface area contributed by atoms with Gasteiger partial charge in [0.1, 0.15) is 18.2 Å². The van der Waals surface area contributed by atoms with Crippen LogP contribution in [0.5, 0.6) is 5.75 Å². The van der Waals surface area contributed by atoms with E-state index in [2.05, 4.69) is 18.9 Å². The summed E-state index contributed by atoms with van der Waals surface area (Å²) in [6, 6.07) is 6.64. The predicted molar refractivity (Wildman–Crippen MR) is 77.5 cm³/mol. The number of nitrogens with zero attached hydrogens (tertiary/aromatic N) is 2. The van der Waals surface area contributed by atoms with Gasteiger partial charge in [-0.2, -0.15) is 5.10 Å². The molecular formula is C15H18ClFN2O. The van der Waals surface area contributed by atoms with Crippen LogP contribution >= 0.6 is 11.6 Å². The molecule has 1 aromatic carbocycles. The molecule has 5 heteroatoms. The van der Waals surface area contributed by atoms with E-state index in [1.54, 1.807) is 6.07 Å². The minimum Gasteiger partial charge on any atom is -0.487 e. The van der Waals surface area contributed by atoms with E-state index in [1.165, 1.54) is 12.1 Å². The van der Waals surface area contributed by atoms with Crippen molar-refractivity contribution in [2.75, 3.05) is 0 Å². The van der Waals surface area contributed by atoms with Crippen LogP contribution in [-0.2, 0) is 12.5 Å². The lowest BCUT2D eigenvalue weighted by atomic mass is 10.2. The van der Waals surface area contributed by atoms with Crippen LogP contribution in [0, 0.1) is 5.82 Å². The van der Waals surface area contributed by atoms with Crippen LogP contribution in [0.2, 0.25) is 0 Å². The average Bonchev–Trinajstić information content (AvgIpc) is 2.93. The lowest BCUT2D eigenvalue weighted by molar-refractivity contribution is 0.295. The number of aromatic nitrogens is 2. The first-order valence-electron chi connectivity index (χ1n) is 6.65. The highest BCUT2D eigenvalue weighted by Gasteiger charge is 2.08. The first-order valence-corrected chi connectivity index (χ1v) is 7.18. The van der Waals surface area contributed by atoms with Crippen LogP contribution in [0.4, 0.5) is 4.39 Å². The summed E-state index contributed by atoms with van der Waals surface area (Å²) in [5, 5.41) is 4.45. The molecule has 20 heavy (non-hydrogen) atoms. The Morgan fingerprint density at radius 2 is 2.20 bits per heavy atom. The molecule has 0 aliphatic rings. The van der Waals surface area contributed by atoms with Crippen molar-refractivity contribution in [3.05, 3.63) is 47.5 Å². The van der Waals surface area contributed by atoms with Gasteiger partial charge in [-0.15, -0.1) is 11.6 Å². The highest BCUT2D eigenvalue weighted by atomic mass is 35.5. The van der Waals surface area contributed by atoms with Crippen molar-refractivity contribution in [1.82, 2.24) is 9.78 Å². The van der Waals surface area contributed by atoms with Crippen LogP contribution in [0.25, 0.3) is 0 Å². The zero-order chi connectivity index (χ0) is 14.5. The molecule has 0 N–H and O–H groups in total. The zero-order valence-corrected chi connectivity index (χ0v) is 12.4. The van der Waals surface area contributed by atoms with E-state index in [-0.39, 0.29) is 11.7 Å². The van der Waals surface area contributed by atoms with Crippen molar-refractivity contribution >= 4 is 11.6 Å². The number of benzene rings is 1. The average molecular weight is 297 g/mol. The Hall–Kier alpha value is -1.55. The number of rotatable bonds is 6. The van der Waals surface area contributed by atoms with E-state index in [9.17, 15) is 4.39 Å². The standard InChI is InChI=1S/C15H18ClFN2O/c1-3-11(2)19-7-6-14(18-19)10-20-15-5-4-13(17)8-12(15)9-16/h4-8,11H,3,9-10H2,1-2H3. The zero-order valence-electron chi connectivity index (χ0n) is 11.6. The highest BCUT2D eigenvalue weighted by Crippen LogP contribution is 2.22. The summed E-state index contributed by atoms with van der Waals surface area (Å²) in [5.74, 6) is 0.502. The SMILES string of the molecule is CCC(C)n1ccc(COc2ccc(F)cc2CCl)n1. The smallest absolute Gasteiger partial charge is 0.132 e. The predicted octanol–water partition coefficient (Wildman–Crippen LogP) is 4.31. The van der Waals surface area contributed by atoms with Gasteiger partial charge in [-0.1, -0.05) is 6.92 Å². The molecule has 1 atom stereocenters. The number of halogens is 2. The van der Waals surface area contributed by atoms with Gasteiger partial charge in [-0.3, -0.25) is 4.68 Å². The normalized spacial score (nSPS) is 12.4. The van der Waals surface area contributed by atoms with E-state index in [1.807, 2.05) is 16.9 Å². The van der Waals surface area contributed by atoms with E-state index in [0.717, 1.165) is 12.1 Å². The third-order valence-corrected chi connectivity index (χ3v) is 3.54. The molecule has 0 saturated carbocycles. The molecule has 0 aliphatic carbocycles. The molecule has 2 aromatic rings. The molecule has 0 amide bonds. The maximum atomic E-state index is 13.1. The lowest BCUT2D eigenvalue weighted by Gasteiger charge is -2.10. The summed E-state index contributed by atoms with van der Waals surface area (Å²) in [6.45, 7) is 4.58. The Morgan fingerprint density at radius 3 is 2.90 bits per heavy atom. The van der Waals surface area contributed by atoms with Crippen molar-refractivity contribution in [2.24, 2.45) is 0 Å². The summed E-state index contributed by atoms with van der Waals surface area (Å²) in [5.41, 5.74) is 1.49. The quantitative estimate of drug-likeness (QED) is 0.743. The second-order valence-corrected chi connectivity index (χ2v) is 4.99. The minimum atomic E-state index is -0.311. The number of ether oxygens (including phenoxy) is 1. The Bertz CT molecular complexity index is 571. The van der Waals surface area contributed by atoms with Crippen LogP contribution < -0.4 is 4.74 Å². The second kappa shape index (κ2) is 6.75. The van der Waals surface area contributed by atoms with Gasteiger partial charge in [0.15, 0.2) is 0 Å². The molecule has 0 aliphatic heterocycles. The van der Waals surface area contributed by atoms with Gasteiger partial charge in [0.05, 0.1) is 11.6 Å². The van der Waals surface area contributed by atoms with Crippen molar-refractivity contribution < 1.29 is 9.13 Å². The summed E-state index contributed by atoms with van der Waals surface area (Å²) in [4.78, 5) is 0. The molecule has 3 nitrogen and oxygen atoms in total. The molecular weight excluding hydrogens is 279 g/mol. The van der Waals surface area contributed by atoms with Gasteiger partial charge in [0, 0.05) is 17.8 Å². The van der Waals surface area contributed by atoms with Gasteiger partial charge < -0.3 is 4.74 Å². The summed E-state index contributed by atoms with van der Waals surface area (Å²) in [7, 11) is 0. The van der Waals surface area contributed by atoms with Crippen LogP contribution in [0.3, 0.4) is 0 Å². The summed E-state index contributed by atoms with van der Waals surface area (Å²) >= 11 is 5.78. The molecule has 1 heterocycles. The van der Waals surface area contributed by atoms with Crippen molar-refractivity contribution in [1.29, 1.82) is 0 Å². The van der Waals surface area contributed by atoms with Gasteiger partial charge in [-0.05, 0) is 37.6 Å². The van der Waals surface area contributed by atoms with Gasteiger partial charge in [0.2, 0.25) is 0 Å². The topological polar surface area (TPSA) is 27.1 Å². The fourth-order valence-corrected chi connectivity index (χ4v) is 2.04. The number of hydrogen-bond donors (Lipinski definition) is 0. The van der Waals surface area contributed by atoms with E-state index in [4.69, 9.17) is 16.3 Å². The van der Waals surface area contributed by atoms with Crippen molar-refractivity contribution in [3.8, 4) is 5.75 Å². The van der Waals surface area contributed by atoms with Crippen LogP contribution in [-0.4, -0.2) is 9.78 Å². The van der Waals surface area contributed by atoms with Gasteiger partial charge in [-0.25, -0.2) is 4.39 Å². The highest BCUT2D eigenvalue weighted by molar-refractivity contribution is 6.17. The molecule has 0 spiro atoms. The molecule has 0 fully saturated rings. The van der Waals surface area contributed by atoms with Crippen LogP contribution in [0.1, 0.15) is 37.6 Å². The second-order valence-electron chi connectivity index (χ2n) is 4.72. The Morgan fingerprint density at radius 1 is 1.40 bits per heavy atom. The third-order valence-electron chi connectivity index (χ3n) is 3.25. The van der Waals surface area contributed by atoms with E-state index >= 15 is 0 Å². The Kier molecular flexibility index (Phi) is 5.01. The molecule has 1 unspecified atom stereocenters. The maximum absolute atomic E-state index is 13.1. The minimum absolute atomic E-state index is 0.217. The monoisotopic (exact) mass is 296 g/mol. The van der Waals surface area contributed by atoms with Crippen LogP contribution in [0.15, 0.2) is 30.5 Å². The number of alkyl halides is 1. The van der Waals surface area contributed by atoms with E-state index < -0.39 is 0 Å². The Balaban J connectivity index is 2.03. The molecule has 1 aromatic heterocycles. The van der Waals surface area contributed by atoms with Crippen molar-refractivity contribution in [3.63, 3.8) is 0 Å². The molecule has 0 radical (unpaired) electrons. The molecule has 2 rings (SSSR count). The van der Waals surface area contributed by atoms with Gasteiger partial charge in [0.25, 0.3) is 0 Å². The molecule has 0 saturated heterocycles. The first-order chi connectivity index (χ1) is 9.63. The molecule has 108 valence electrons. The Labute approximate surface area is 123 Å². The molecule has 0 bridgehead atoms. The summed E-state index contributed by atoms with van der Waals surface area (Å²) < 4.78 is 20.7. The number of hydrogen-bond acceptors (Lipinski definition) is 2. The summed E-state index contributed by atoms with van der Waals surface area (Å²) in [6.07, 6.45) is 2.97. The lowest BCUT2D eigenvalue weighted by Crippen LogP contribution is -2.06. The third kappa shape index (κ3) is 3.51. The fourth-order valence-electron chi connectivity index (χ4n) is 1.83. The van der Waals surface area contributed by atoms with E-state index in [0.29, 0.717) is 24.0 Å². The fraction of sp³-hybridized carbons (Fsp3) is 0.400. The largest absolute Gasteiger partial charge is 0.487 e.